The van der Waals surface area contributed by atoms with Gasteiger partial charge in [-0.15, -0.1) is 0 Å². The summed E-state index contributed by atoms with van der Waals surface area (Å²) in [7, 11) is 0. The molecule has 5 nitrogen and oxygen atoms in total. The summed E-state index contributed by atoms with van der Waals surface area (Å²) < 4.78 is 5.69. The molecule has 3 atom stereocenters. The van der Waals surface area contributed by atoms with E-state index in [1.807, 2.05) is 12.1 Å². The van der Waals surface area contributed by atoms with Gasteiger partial charge in [-0.1, -0.05) is 12.1 Å². The summed E-state index contributed by atoms with van der Waals surface area (Å²) in [5, 5.41) is 12.5. The quantitative estimate of drug-likeness (QED) is 0.869. The monoisotopic (exact) mass is 235 g/mol. The molecular weight excluding hydrogens is 222 g/mol. The minimum atomic E-state index is -0.994. The molecule has 1 saturated carbocycles. The molecule has 0 bridgehead atoms. The molecule has 5 heteroatoms. The third-order valence-corrected chi connectivity index (χ3v) is 3.33. The number of nitrogens with zero attached hydrogens (tertiary/aromatic N) is 1. The van der Waals surface area contributed by atoms with Crippen LogP contribution in [-0.2, 0) is 9.63 Å². The molecule has 0 amide bonds. The van der Waals surface area contributed by atoms with Crippen LogP contribution in [0.4, 0.5) is 0 Å². The van der Waals surface area contributed by atoms with E-state index in [1.54, 1.807) is 0 Å². The highest BCUT2D eigenvalue weighted by molar-refractivity contribution is 6.01. The highest BCUT2D eigenvalue weighted by Crippen LogP contribution is 2.47. The van der Waals surface area contributed by atoms with Crippen molar-refractivity contribution in [3.63, 3.8) is 0 Å². The van der Waals surface area contributed by atoms with Crippen LogP contribution in [-0.4, -0.2) is 22.9 Å². The van der Waals surface area contributed by atoms with E-state index < -0.39 is 12.1 Å². The number of carbonyl (C=O) groups is 1. The van der Waals surface area contributed by atoms with E-state index in [4.69, 9.17) is 14.4 Å². The molecule has 2 heterocycles. The minimum Gasteiger partial charge on any atom is -0.478 e. The first kappa shape index (κ1) is 10.4. The highest BCUT2D eigenvalue weighted by Gasteiger charge is 2.37. The summed E-state index contributed by atoms with van der Waals surface area (Å²) in [5.74, 6) is 1.80. The summed E-state index contributed by atoms with van der Waals surface area (Å²) in [4.78, 5) is 15.5. The van der Waals surface area contributed by atoms with E-state index >= 15 is 0 Å². The molecule has 2 aliphatic rings. The normalized spacial score (nSPS) is 30.9. The first-order valence-electron chi connectivity index (χ1n) is 5.70. The molecule has 1 N–H and O–H groups in total. The summed E-state index contributed by atoms with van der Waals surface area (Å²) in [5.41, 5.74) is 0.581. The van der Waals surface area contributed by atoms with Crippen LogP contribution in [0.3, 0.4) is 0 Å². The molecule has 1 aliphatic carbocycles. The van der Waals surface area contributed by atoms with Gasteiger partial charge in [0.05, 0.1) is 0 Å². The van der Waals surface area contributed by atoms with Crippen LogP contribution in [0.2, 0.25) is 0 Å². The molecular formula is C12H13NO4. The summed E-state index contributed by atoms with van der Waals surface area (Å²) >= 11 is 0. The molecule has 1 aliphatic heterocycles. The van der Waals surface area contributed by atoms with Crippen molar-refractivity contribution in [3.05, 3.63) is 23.7 Å². The van der Waals surface area contributed by atoms with Gasteiger partial charge in [0, 0.05) is 12.3 Å². The van der Waals surface area contributed by atoms with Gasteiger partial charge in [-0.3, -0.25) is 0 Å². The predicted octanol–water partition coefficient (Wildman–Crippen LogP) is 1.98. The Hall–Kier alpha value is -1.78. The van der Waals surface area contributed by atoms with Crippen molar-refractivity contribution in [2.75, 3.05) is 0 Å². The standard InChI is InChI=1S/C12H13NO4/c1-6-4-7(6)9-2-3-10(16-9)8-5-11(12(14)15)17-13-8/h2-3,6-7,11H,4-5H2,1H3,(H,14,15). The lowest BCUT2D eigenvalue weighted by atomic mass is 10.1. The molecule has 1 aromatic heterocycles. The van der Waals surface area contributed by atoms with E-state index in [1.165, 1.54) is 0 Å². The maximum atomic E-state index is 10.7. The Morgan fingerprint density at radius 1 is 1.53 bits per heavy atom. The summed E-state index contributed by atoms with van der Waals surface area (Å²) in [6.45, 7) is 2.18. The number of aliphatic carboxylic acids is 1. The van der Waals surface area contributed by atoms with Crippen molar-refractivity contribution in [1.82, 2.24) is 0 Å². The van der Waals surface area contributed by atoms with Gasteiger partial charge >= 0.3 is 5.97 Å². The second kappa shape index (κ2) is 3.61. The van der Waals surface area contributed by atoms with Gasteiger partial charge in [0.25, 0.3) is 0 Å². The molecule has 0 spiro atoms. The Labute approximate surface area is 98.1 Å². The number of oxime groups is 1. The van der Waals surface area contributed by atoms with Gasteiger partial charge in [0.2, 0.25) is 6.10 Å². The van der Waals surface area contributed by atoms with E-state index in [2.05, 4.69) is 12.1 Å². The zero-order chi connectivity index (χ0) is 12.0. The van der Waals surface area contributed by atoms with Gasteiger partial charge in [-0.05, 0) is 24.5 Å². The molecule has 3 rings (SSSR count). The number of furan rings is 1. The highest BCUT2D eigenvalue weighted by atomic mass is 16.7. The zero-order valence-electron chi connectivity index (χ0n) is 9.42. The Morgan fingerprint density at radius 3 is 2.88 bits per heavy atom. The first-order valence-corrected chi connectivity index (χ1v) is 5.70. The van der Waals surface area contributed by atoms with Crippen LogP contribution in [0, 0.1) is 5.92 Å². The molecule has 1 fully saturated rings. The summed E-state index contributed by atoms with van der Waals surface area (Å²) in [6.07, 6.45) is 0.550. The smallest absolute Gasteiger partial charge is 0.348 e. The molecule has 0 saturated heterocycles. The fourth-order valence-electron chi connectivity index (χ4n) is 2.08. The fraction of sp³-hybridized carbons (Fsp3) is 0.500. The Kier molecular flexibility index (Phi) is 2.21. The first-order chi connectivity index (χ1) is 8.15. The van der Waals surface area contributed by atoms with Crippen LogP contribution in [0.1, 0.15) is 37.2 Å². The number of rotatable bonds is 3. The Morgan fingerprint density at radius 2 is 2.29 bits per heavy atom. The maximum absolute atomic E-state index is 10.7. The molecule has 90 valence electrons. The van der Waals surface area contributed by atoms with Gasteiger partial charge < -0.3 is 14.4 Å². The van der Waals surface area contributed by atoms with Crippen molar-refractivity contribution < 1.29 is 19.2 Å². The number of carboxylic acid groups (broad SMARTS) is 1. The van der Waals surface area contributed by atoms with Crippen LogP contribution >= 0.6 is 0 Å². The van der Waals surface area contributed by atoms with Crippen molar-refractivity contribution in [2.45, 2.75) is 31.8 Å². The molecule has 1 aromatic rings. The molecule has 0 radical (unpaired) electrons. The maximum Gasteiger partial charge on any atom is 0.348 e. The summed E-state index contributed by atoms with van der Waals surface area (Å²) in [6, 6.07) is 3.78. The van der Waals surface area contributed by atoms with Crippen molar-refractivity contribution in [3.8, 4) is 0 Å². The number of hydrogen-bond donors (Lipinski definition) is 1. The molecule has 3 unspecified atom stereocenters. The van der Waals surface area contributed by atoms with E-state index in [-0.39, 0.29) is 6.42 Å². The van der Waals surface area contributed by atoms with Gasteiger partial charge in [0.1, 0.15) is 11.5 Å². The zero-order valence-corrected chi connectivity index (χ0v) is 9.42. The van der Waals surface area contributed by atoms with Crippen LogP contribution in [0.15, 0.2) is 21.7 Å². The Bertz CT molecular complexity index is 490. The van der Waals surface area contributed by atoms with Crippen LogP contribution in [0.25, 0.3) is 0 Å². The lowest BCUT2D eigenvalue weighted by Gasteiger charge is -1.98. The second-order valence-electron chi connectivity index (χ2n) is 4.70. The average molecular weight is 235 g/mol. The number of hydrogen-bond acceptors (Lipinski definition) is 4. The average Bonchev–Trinajstić information content (AvgIpc) is 2.78. The third kappa shape index (κ3) is 1.81. The minimum absolute atomic E-state index is 0.266. The van der Waals surface area contributed by atoms with Crippen LogP contribution < -0.4 is 0 Å². The fourth-order valence-corrected chi connectivity index (χ4v) is 2.08. The lowest BCUT2D eigenvalue weighted by Crippen LogP contribution is -2.19. The molecule has 0 aromatic carbocycles. The topological polar surface area (TPSA) is 72.0 Å². The van der Waals surface area contributed by atoms with Gasteiger partial charge in [-0.25, -0.2) is 4.79 Å². The van der Waals surface area contributed by atoms with Gasteiger partial charge in [0.15, 0.2) is 5.76 Å². The van der Waals surface area contributed by atoms with Gasteiger partial charge in [-0.2, -0.15) is 0 Å². The van der Waals surface area contributed by atoms with Crippen molar-refractivity contribution in [2.24, 2.45) is 11.1 Å². The van der Waals surface area contributed by atoms with E-state index in [0.717, 1.165) is 12.2 Å². The van der Waals surface area contributed by atoms with Crippen molar-refractivity contribution in [1.29, 1.82) is 0 Å². The Balaban J connectivity index is 1.73. The van der Waals surface area contributed by atoms with E-state index in [9.17, 15) is 4.79 Å². The third-order valence-electron chi connectivity index (χ3n) is 3.33. The molecule has 17 heavy (non-hydrogen) atoms. The predicted molar refractivity (Wildman–Crippen MR) is 58.9 cm³/mol. The van der Waals surface area contributed by atoms with E-state index in [0.29, 0.717) is 23.3 Å². The lowest BCUT2D eigenvalue weighted by molar-refractivity contribution is -0.148. The second-order valence-corrected chi connectivity index (χ2v) is 4.70. The van der Waals surface area contributed by atoms with Crippen molar-refractivity contribution >= 4 is 11.7 Å². The number of carboxylic acids is 1. The van der Waals surface area contributed by atoms with Crippen LogP contribution in [0.5, 0.6) is 0 Å². The SMILES string of the molecule is CC1CC1c1ccc(C2=NOC(C(=O)O)C2)o1. The largest absolute Gasteiger partial charge is 0.478 e.